The number of likely N-dealkylation sites (tertiary alicyclic amines) is 1. The summed E-state index contributed by atoms with van der Waals surface area (Å²) >= 11 is 0. The molecular formula is C19H27N3O3. The summed E-state index contributed by atoms with van der Waals surface area (Å²) in [5, 5.41) is 19.7. The smallest absolute Gasteiger partial charge is 0.123 e. The van der Waals surface area contributed by atoms with E-state index in [0.717, 1.165) is 30.7 Å². The van der Waals surface area contributed by atoms with Gasteiger partial charge in [0.05, 0.1) is 25.1 Å². The van der Waals surface area contributed by atoms with Crippen LogP contribution in [0.3, 0.4) is 0 Å². The predicted molar refractivity (Wildman–Crippen MR) is 95.3 cm³/mol. The summed E-state index contributed by atoms with van der Waals surface area (Å²) in [5.74, 6) is 0.889. The van der Waals surface area contributed by atoms with Gasteiger partial charge in [0.1, 0.15) is 5.75 Å². The molecule has 2 N–H and O–H groups in total. The van der Waals surface area contributed by atoms with Gasteiger partial charge < -0.3 is 19.5 Å². The van der Waals surface area contributed by atoms with Crippen molar-refractivity contribution in [1.82, 2.24) is 14.5 Å². The van der Waals surface area contributed by atoms with Crippen molar-refractivity contribution >= 4 is 0 Å². The van der Waals surface area contributed by atoms with Crippen LogP contribution in [0.4, 0.5) is 0 Å². The van der Waals surface area contributed by atoms with Gasteiger partial charge in [-0.25, -0.2) is 4.98 Å². The Morgan fingerprint density at radius 3 is 2.68 bits per heavy atom. The van der Waals surface area contributed by atoms with Crippen LogP contribution in [0.5, 0.6) is 5.75 Å². The maximum atomic E-state index is 9.84. The van der Waals surface area contributed by atoms with Crippen molar-refractivity contribution in [2.75, 3.05) is 19.7 Å². The van der Waals surface area contributed by atoms with E-state index in [9.17, 15) is 10.2 Å². The van der Waals surface area contributed by atoms with Gasteiger partial charge in [-0.3, -0.25) is 4.90 Å². The van der Waals surface area contributed by atoms with Crippen LogP contribution >= 0.6 is 0 Å². The molecule has 6 heteroatoms. The lowest BCUT2D eigenvalue weighted by Crippen LogP contribution is -2.45. The molecule has 0 unspecified atom stereocenters. The number of aliphatic hydroxyl groups is 2. The van der Waals surface area contributed by atoms with Gasteiger partial charge in [-0.2, -0.15) is 0 Å². The molecular weight excluding hydrogens is 318 g/mol. The highest BCUT2D eigenvalue weighted by Crippen LogP contribution is 2.22. The lowest BCUT2D eigenvalue weighted by Gasteiger charge is -2.33. The fourth-order valence-corrected chi connectivity index (χ4v) is 3.28. The summed E-state index contributed by atoms with van der Waals surface area (Å²) in [5.41, 5.74) is 1.10. The zero-order valence-electron chi connectivity index (χ0n) is 14.5. The number of aryl methyl sites for hydroxylation is 1. The van der Waals surface area contributed by atoms with Crippen LogP contribution in [-0.4, -0.2) is 56.6 Å². The summed E-state index contributed by atoms with van der Waals surface area (Å²) in [6.07, 6.45) is 7.17. The lowest BCUT2D eigenvalue weighted by molar-refractivity contribution is -0.0113. The zero-order chi connectivity index (χ0) is 17.5. The minimum absolute atomic E-state index is 0.458. The number of ether oxygens (including phenoxy) is 1. The molecule has 0 aliphatic carbocycles. The molecule has 1 saturated heterocycles. The highest BCUT2D eigenvalue weighted by atomic mass is 16.5. The minimum Gasteiger partial charge on any atom is -0.493 e. The molecule has 0 bridgehead atoms. The Kier molecular flexibility index (Phi) is 6.44. The molecule has 0 amide bonds. The maximum absolute atomic E-state index is 9.84. The topological polar surface area (TPSA) is 70.8 Å². The Balaban J connectivity index is 1.47. The first kappa shape index (κ1) is 17.9. The van der Waals surface area contributed by atoms with E-state index in [0.29, 0.717) is 32.7 Å². The van der Waals surface area contributed by atoms with Gasteiger partial charge in [0.25, 0.3) is 0 Å². The van der Waals surface area contributed by atoms with Crippen LogP contribution in [0.1, 0.15) is 24.8 Å². The molecule has 1 aliphatic heterocycles. The van der Waals surface area contributed by atoms with E-state index in [1.165, 1.54) is 0 Å². The summed E-state index contributed by atoms with van der Waals surface area (Å²) in [4.78, 5) is 6.12. The molecule has 6 nitrogen and oxygen atoms in total. The largest absolute Gasteiger partial charge is 0.493 e. The van der Waals surface area contributed by atoms with Gasteiger partial charge in [-0.15, -0.1) is 0 Å². The number of para-hydroxylation sites is 1. The molecule has 2 heterocycles. The first-order chi connectivity index (χ1) is 12.2. The molecule has 0 saturated carbocycles. The highest BCUT2D eigenvalue weighted by molar-refractivity contribution is 5.33. The van der Waals surface area contributed by atoms with Gasteiger partial charge >= 0.3 is 0 Å². The van der Waals surface area contributed by atoms with Gasteiger partial charge in [0.15, 0.2) is 0 Å². The van der Waals surface area contributed by atoms with Crippen LogP contribution in [0, 0.1) is 0 Å². The number of aromatic nitrogens is 2. The normalized spacial score (nSPS) is 21.4. The molecule has 1 aliphatic rings. The fourth-order valence-electron chi connectivity index (χ4n) is 3.28. The first-order valence-electron chi connectivity index (χ1n) is 8.95. The third-order valence-electron chi connectivity index (χ3n) is 4.48. The van der Waals surface area contributed by atoms with Crippen molar-refractivity contribution in [2.45, 2.75) is 44.6 Å². The number of hydrogen-bond acceptors (Lipinski definition) is 5. The lowest BCUT2D eigenvalue weighted by atomic mass is 10.0. The van der Waals surface area contributed by atoms with Crippen molar-refractivity contribution in [3.8, 4) is 5.75 Å². The molecule has 136 valence electrons. The third kappa shape index (κ3) is 5.56. The van der Waals surface area contributed by atoms with E-state index < -0.39 is 12.2 Å². The molecule has 1 aromatic heterocycles. The fraction of sp³-hybridized carbons (Fsp3) is 0.526. The maximum Gasteiger partial charge on any atom is 0.123 e. The van der Waals surface area contributed by atoms with E-state index in [2.05, 4.69) is 14.5 Å². The average Bonchev–Trinajstić information content (AvgIpc) is 3.08. The van der Waals surface area contributed by atoms with Crippen molar-refractivity contribution in [3.63, 3.8) is 0 Å². The Bertz CT molecular complexity index is 623. The van der Waals surface area contributed by atoms with Crippen LogP contribution in [0.15, 0.2) is 43.0 Å². The number of benzene rings is 1. The molecule has 2 aromatic rings. The van der Waals surface area contributed by atoms with E-state index in [1.807, 2.05) is 36.8 Å². The highest BCUT2D eigenvalue weighted by Gasteiger charge is 2.24. The van der Waals surface area contributed by atoms with Crippen LogP contribution in [0.25, 0.3) is 0 Å². The Morgan fingerprint density at radius 1 is 1.12 bits per heavy atom. The zero-order valence-corrected chi connectivity index (χ0v) is 14.5. The Hall–Kier alpha value is -1.89. The second-order valence-corrected chi connectivity index (χ2v) is 6.70. The quantitative estimate of drug-likeness (QED) is 0.712. The number of unbranched alkanes of at least 4 members (excludes halogenated alkanes) is 1. The number of hydrogen-bond donors (Lipinski definition) is 2. The Labute approximate surface area is 148 Å². The van der Waals surface area contributed by atoms with Crippen molar-refractivity contribution in [2.24, 2.45) is 0 Å². The molecule has 1 aromatic carbocycles. The summed E-state index contributed by atoms with van der Waals surface area (Å²) in [6.45, 7) is 3.50. The van der Waals surface area contributed by atoms with Crippen LogP contribution < -0.4 is 4.74 Å². The number of piperidine rings is 1. The van der Waals surface area contributed by atoms with Crippen LogP contribution in [-0.2, 0) is 13.1 Å². The van der Waals surface area contributed by atoms with Crippen molar-refractivity contribution < 1.29 is 14.9 Å². The molecule has 1 fully saturated rings. The number of imidazole rings is 1. The number of β-amino-alcohol motifs (C(OH)–C–C–N with tert-alkyl or cyclic N) is 2. The number of nitrogens with zero attached hydrogens (tertiary/aromatic N) is 3. The standard InChI is InChI=1S/C19H27N3O3/c23-17-11-18(24)14-22(13-17)12-16-5-1-2-6-19(16)25-10-4-3-8-21-9-7-20-15-21/h1-2,5-7,9,15,17-18,23-24H,3-4,8,10-14H2/t17-,18-/m1/s1. The van der Waals surface area contributed by atoms with Crippen molar-refractivity contribution in [3.05, 3.63) is 48.5 Å². The molecule has 25 heavy (non-hydrogen) atoms. The average molecular weight is 345 g/mol. The minimum atomic E-state index is -0.458. The van der Waals surface area contributed by atoms with Crippen molar-refractivity contribution in [1.29, 1.82) is 0 Å². The third-order valence-corrected chi connectivity index (χ3v) is 4.48. The Morgan fingerprint density at radius 2 is 1.92 bits per heavy atom. The predicted octanol–water partition coefficient (Wildman–Crippen LogP) is 1.67. The second-order valence-electron chi connectivity index (χ2n) is 6.70. The molecule has 2 atom stereocenters. The van der Waals surface area contributed by atoms with E-state index in [1.54, 1.807) is 6.20 Å². The monoisotopic (exact) mass is 345 g/mol. The van der Waals surface area contributed by atoms with Gasteiger partial charge in [0, 0.05) is 50.6 Å². The van der Waals surface area contributed by atoms with Gasteiger partial charge in [-0.1, -0.05) is 18.2 Å². The van der Waals surface area contributed by atoms with E-state index in [4.69, 9.17) is 4.74 Å². The summed E-state index contributed by atoms with van der Waals surface area (Å²) in [7, 11) is 0. The SMILES string of the molecule is O[C@@H]1C[C@@H](O)CN(Cc2ccccc2OCCCCn2ccnc2)C1. The molecule has 3 rings (SSSR count). The van der Waals surface area contributed by atoms with E-state index >= 15 is 0 Å². The first-order valence-corrected chi connectivity index (χ1v) is 8.95. The molecule has 0 spiro atoms. The summed E-state index contributed by atoms with van der Waals surface area (Å²) in [6, 6.07) is 8.01. The van der Waals surface area contributed by atoms with E-state index in [-0.39, 0.29) is 0 Å². The number of aliphatic hydroxyl groups excluding tert-OH is 2. The second kappa shape index (κ2) is 8.99. The van der Waals surface area contributed by atoms with Crippen LogP contribution in [0.2, 0.25) is 0 Å². The van der Waals surface area contributed by atoms with Gasteiger partial charge in [-0.05, 0) is 18.9 Å². The molecule has 0 radical (unpaired) electrons. The number of rotatable bonds is 8. The van der Waals surface area contributed by atoms with Gasteiger partial charge in [0.2, 0.25) is 0 Å². The summed E-state index contributed by atoms with van der Waals surface area (Å²) < 4.78 is 8.05.